The van der Waals surface area contributed by atoms with Gasteiger partial charge in [0.25, 0.3) is 0 Å². The standard InChI is InChI=1S/C12H22N2O2/c1-9(3-2-6-13)11(15)14-7-12(16,8-14)10-4-5-10/h9-10,16H,2-8,13H2,1H3. The van der Waals surface area contributed by atoms with Crippen molar-refractivity contribution in [2.24, 2.45) is 17.6 Å². The maximum absolute atomic E-state index is 11.9. The lowest BCUT2D eigenvalue weighted by atomic mass is 9.87. The molecule has 1 saturated carbocycles. The maximum atomic E-state index is 11.9. The van der Waals surface area contributed by atoms with Gasteiger partial charge in [-0.25, -0.2) is 0 Å². The third kappa shape index (κ3) is 2.23. The Balaban J connectivity index is 1.75. The van der Waals surface area contributed by atoms with Gasteiger partial charge in [-0.2, -0.15) is 0 Å². The Bertz CT molecular complexity index is 270. The third-order valence-electron chi connectivity index (χ3n) is 3.84. The van der Waals surface area contributed by atoms with Crippen molar-refractivity contribution in [1.82, 2.24) is 4.90 Å². The number of nitrogens with two attached hydrogens (primary N) is 1. The van der Waals surface area contributed by atoms with Crippen molar-refractivity contribution in [2.75, 3.05) is 19.6 Å². The highest BCUT2D eigenvalue weighted by Crippen LogP contribution is 2.44. The number of aliphatic hydroxyl groups is 1. The Kier molecular flexibility index (Phi) is 3.22. The average molecular weight is 226 g/mol. The number of rotatable bonds is 5. The predicted molar refractivity (Wildman–Crippen MR) is 61.7 cm³/mol. The smallest absolute Gasteiger partial charge is 0.225 e. The van der Waals surface area contributed by atoms with Crippen molar-refractivity contribution in [3.8, 4) is 0 Å². The molecule has 0 aromatic carbocycles. The number of carbonyl (C=O) groups excluding carboxylic acids is 1. The number of nitrogens with zero attached hydrogens (tertiary/aromatic N) is 1. The molecule has 0 spiro atoms. The van der Waals surface area contributed by atoms with Crippen LogP contribution >= 0.6 is 0 Å². The first kappa shape index (κ1) is 11.9. The summed E-state index contributed by atoms with van der Waals surface area (Å²) in [5.74, 6) is 0.682. The van der Waals surface area contributed by atoms with Gasteiger partial charge in [0.15, 0.2) is 0 Å². The summed E-state index contributed by atoms with van der Waals surface area (Å²) in [4.78, 5) is 13.7. The summed E-state index contributed by atoms with van der Waals surface area (Å²) in [6.07, 6.45) is 4.00. The van der Waals surface area contributed by atoms with Crippen molar-refractivity contribution >= 4 is 5.91 Å². The molecule has 0 aromatic rings. The van der Waals surface area contributed by atoms with Crippen LogP contribution < -0.4 is 5.73 Å². The number of hydrogen-bond acceptors (Lipinski definition) is 3. The van der Waals surface area contributed by atoms with Gasteiger partial charge in [-0.15, -0.1) is 0 Å². The van der Waals surface area contributed by atoms with E-state index in [1.165, 1.54) is 0 Å². The molecule has 2 rings (SSSR count). The normalized spacial score (nSPS) is 25.1. The molecule has 4 heteroatoms. The van der Waals surface area contributed by atoms with Crippen molar-refractivity contribution in [3.05, 3.63) is 0 Å². The lowest BCUT2D eigenvalue weighted by Crippen LogP contribution is -2.65. The molecule has 16 heavy (non-hydrogen) atoms. The fourth-order valence-corrected chi connectivity index (χ4v) is 2.51. The lowest BCUT2D eigenvalue weighted by Gasteiger charge is -2.47. The largest absolute Gasteiger partial charge is 0.386 e. The molecule has 1 saturated heterocycles. The quantitative estimate of drug-likeness (QED) is 0.710. The molecule has 1 aliphatic carbocycles. The second-order valence-corrected chi connectivity index (χ2v) is 5.40. The van der Waals surface area contributed by atoms with Gasteiger partial charge >= 0.3 is 0 Å². The molecule has 3 N–H and O–H groups in total. The van der Waals surface area contributed by atoms with E-state index in [1.54, 1.807) is 4.90 Å². The molecular formula is C12H22N2O2. The van der Waals surface area contributed by atoms with Crippen LogP contribution in [0, 0.1) is 11.8 Å². The lowest BCUT2D eigenvalue weighted by molar-refractivity contribution is -0.163. The van der Waals surface area contributed by atoms with E-state index in [9.17, 15) is 9.90 Å². The minimum Gasteiger partial charge on any atom is -0.386 e. The summed E-state index contributed by atoms with van der Waals surface area (Å²) in [6.45, 7) is 3.68. The average Bonchev–Trinajstić information content (AvgIpc) is 3.04. The Hall–Kier alpha value is -0.610. The fraction of sp³-hybridized carbons (Fsp3) is 0.917. The molecule has 92 valence electrons. The molecule has 2 aliphatic rings. The van der Waals surface area contributed by atoms with Crippen LogP contribution in [0.2, 0.25) is 0 Å². The molecule has 4 nitrogen and oxygen atoms in total. The van der Waals surface area contributed by atoms with E-state index < -0.39 is 5.60 Å². The van der Waals surface area contributed by atoms with E-state index in [1.807, 2.05) is 6.92 Å². The second-order valence-electron chi connectivity index (χ2n) is 5.40. The van der Waals surface area contributed by atoms with Crippen LogP contribution in [0.5, 0.6) is 0 Å². The van der Waals surface area contributed by atoms with Gasteiger partial charge in [0.1, 0.15) is 5.60 Å². The summed E-state index contributed by atoms with van der Waals surface area (Å²) in [7, 11) is 0. The monoisotopic (exact) mass is 226 g/mol. The van der Waals surface area contributed by atoms with Crippen LogP contribution in [0.4, 0.5) is 0 Å². The first-order chi connectivity index (χ1) is 7.57. The van der Waals surface area contributed by atoms with Gasteiger partial charge < -0.3 is 15.7 Å². The van der Waals surface area contributed by atoms with Crippen LogP contribution in [0.25, 0.3) is 0 Å². The number of hydrogen-bond donors (Lipinski definition) is 2. The summed E-state index contributed by atoms with van der Waals surface area (Å²) in [6, 6.07) is 0. The molecule has 0 aromatic heterocycles. The minimum atomic E-state index is -0.552. The zero-order valence-electron chi connectivity index (χ0n) is 9.98. The topological polar surface area (TPSA) is 66.6 Å². The molecule has 1 amide bonds. The Morgan fingerprint density at radius 1 is 1.56 bits per heavy atom. The van der Waals surface area contributed by atoms with Gasteiger partial charge in [0.2, 0.25) is 5.91 Å². The van der Waals surface area contributed by atoms with E-state index in [0.717, 1.165) is 25.7 Å². The molecule has 0 radical (unpaired) electrons. The van der Waals surface area contributed by atoms with Gasteiger partial charge in [-0.05, 0) is 38.1 Å². The van der Waals surface area contributed by atoms with Gasteiger partial charge in [-0.3, -0.25) is 4.79 Å². The van der Waals surface area contributed by atoms with Gasteiger partial charge in [0.05, 0.1) is 13.1 Å². The van der Waals surface area contributed by atoms with Crippen LogP contribution in [-0.2, 0) is 4.79 Å². The SMILES string of the molecule is CC(CCCN)C(=O)N1CC(O)(C2CC2)C1. The Morgan fingerprint density at radius 2 is 2.19 bits per heavy atom. The fourth-order valence-electron chi connectivity index (χ4n) is 2.51. The van der Waals surface area contributed by atoms with E-state index in [-0.39, 0.29) is 11.8 Å². The first-order valence-corrected chi connectivity index (χ1v) is 6.28. The predicted octanol–water partition coefficient (Wildman–Crippen LogP) is 0.345. The van der Waals surface area contributed by atoms with Crippen LogP contribution in [0.15, 0.2) is 0 Å². The van der Waals surface area contributed by atoms with Crippen molar-refractivity contribution in [2.45, 2.75) is 38.2 Å². The molecule has 1 atom stereocenters. The Morgan fingerprint density at radius 3 is 2.69 bits per heavy atom. The molecule has 1 unspecified atom stereocenters. The second kappa shape index (κ2) is 4.34. The number of amides is 1. The zero-order chi connectivity index (χ0) is 11.8. The molecule has 0 bridgehead atoms. The van der Waals surface area contributed by atoms with Gasteiger partial charge in [-0.1, -0.05) is 6.92 Å². The molecule has 2 fully saturated rings. The summed E-state index contributed by atoms with van der Waals surface area (Å²) < 4.78 is 0. The highest BCUT2D eigenvalue weighted by atomic mass is 16.3. The summed E-state index contributed by atoms with van der Waals surface area (Å²) in [5.41, 5.74) is 4.87. The minimum absolute atomic E-state index is 0.0484. The highest BCUT2D eigenvalue weighted by Gasteiger charge is 2.53. The van der Waals surface area contributed by atoms with E-state index in [2.05, 4.69) is 0 Å². The number of carbonyl (C=O) groups is 1. The van der Waals surface area contributed by atoms with Crippen LogP contribution in [-0.4, -0.2) is 41.1 Å². The molecule has 1 aliphatic heterocycles. The first-order valence-electron chi connectivity index (χ1n) is 6.28. The number of β-amino-alcohol motifs (C(OH)–C–C–N with tert-alkyl or cyclic N) is 1. The molecular weight excluding hydrogens is 204 g/mol. The zero-order valence-corrected chi connectivity index (χ0v) is 9.98. The summed E-state index contributed by atoms with van der Waals surface area (Å²) in [5, 5.41) is 10.1. The molecule has 1 heterocycles. The van der Waals surface area contributed by atoms with Crippen molar-refractivity contribution in [1.29, 1.82) is 0 Å². The Labute approximate surface area is 96.8 Å². The van der Waals surface area contributed by atoms with Crippen molar-refractivity contribution < 1.29 is 9.90 Å². The number of likely N-dealkylation sites (tertiary alicyclic amines) is 1. The van der Waals surface area contributed by atoms with Crippen molar-refractivity contribution in [3.63, 3.8) is 0 Å². The maximum Gasteiger partial charge on any atom is 0.225 e. The van der Waals surface area contributed by atoms with Gasteiger partial charge in [0, 0.05) is 5.92 Å². The van der Waals surface area contributed by atoms with E-state index >= 15 is 0 Å². The third-order valence-corrected chi connectivity index (χ3v) is 3.84. The van der Waals surface area contributed by atoms with Crippen LogP contribution in [0.3, 0.4) is 0 Å². The van der Waals surface area contributed by atoms with Crippen LogP contribution in [0.1, 0.15) is 32.6 Å². The highest BCUT2D eigenvalue weighted by molar-refractivity contribution is 5.79. The van der Waals surface area contributed by atoms with E-state index in [0.29, 0.717) is 25.6 Å². The van der Waals surface area contributed by atoms with E-state index in [4.69, 9.17) is 5.73 Å². The summed E-state index contributed by atoms with van der Waals surface area (Å²) >= 11 is 0.